The van der Waals surface area contributed by atoms with E-state index in [9.17, 15) is 8.42 Å². The maximum Gasteiger partial charge on any atom is 0.211 e. The monoisotopic (exact) mass is 430 g/mol. The summed E-state index contributed by atoms with van der Waals surface area (Å²) in [7, 11) is -1.71. The van der Waals surface area contributed by atoms with E-state index in [2.05, 4.69) is 44.8 Å². The van der Waals surface area contributed by atoms with Crippen molar-refractivity contribution in [3.05, 3.63) is 63.2 Å². The number of benzene rings is 2. The molecule has 0 amide bonds. The molecule has 6 heteroatoms. The minimum absolute atomic E-state index is 0.108. The molecule has 2 rings (SSSR count). The van der Waals surface area contributed by atoms with Crippen LogP contribution in [0.25, 0.3) is 0 Å². The van der Waals surface area contributed by atoms with Gasteiger partial charge >= 0.3 is 0 Å². The zero-order valence-corrected chi connectivity index (χ0v) is 15.3. The predicted molar refractivity (Wildman–Crippen MR) is 99.5 cm³/mol. The Kier molecular flexibility index (Phi) is 6.22. The largest absolute Gasteiger partial charge is 0.380 e. The summed E-state index contributed by atoms with van der Waals surface area (Å²) in [6, 6.07) is 16.2. The first-order valence-electron chi connectivity index (χ1n) is 6.97. The fraction of sp³-hybridized carbons (Fsp3) is 0.250. The van der Waals surface area contributed by atoms with Gasteiger partial charge in [-0.05, 0) is 59.3 Å². The number of rotatable bonds is 7. The minimum Gasteiger partial charge on any atom is -0.380 e. The summed E-state index contributed by atoms with van der Waals surface area (Å²) in [5.74, 6) is 0.108. The first-order valence-corrected chi connectivity index (χ1v) is 9.71. The van der Waals surface area contributed by atoms with Crippen LogP contribution in [0, 0.1) is 3.57 Å². The molecule has 22 heavy (non-hydrogen) atoms. The molecule has 0 fully saturated rings. The highest BCUT2D eigenvalue weighted by Crippen LogP contribution is 2.21. The first-order chi connectivity index (χ1) is 10.5. The van der Waals surface area contributed by atoms with Gasteiger partial charge in [0.1, 0.15) is 0 Å². The second-order valence-electron chi connectivity index (χ2n) is 4.93. The molecule has 0 aliphatic heterocycles. The molecule has 0 atom stereocenters. The van der Waals surface area contributed by atoms with E-state index in [4.69, 9.17) is 0 Å². The van der Waals surface area contributed by atoms with E-state index in [1.807, 2.05) is 36.4 Å². The zero-order valence-electron chi connectivity index (χ0n) is 12.3. The number of anilines is 1. The molecule has 2 N–H and O–H groups in total. The van der Waals surface area contributed by atoms with Crippen molar-refractivity contribution in [1.82, 2.24) is 4.72 Å². The Morgan fingerprint density at radius 3 is 2.41 bits per heavy atom. The van der Waals surface area contributed by atoms with Gasteiger partial charge in [0.05, 0.1) is 5.75 Å². The van der Waals surface area contributed by atoms with Crippen LogP contribution in [0.1, 0.15) is 11.1 Å². The van der Waals surface area contributed by atoms with Crippen molar-refractivity contribution in [1.29, 1.82) is 0 Å². The minimum atomic E-state index is -3.15. The Balaban J connectivity index is 1.97. The van der Waals surface area contributed by atoms with Gasteiger partial charge in [0.2, 0.25) is 10.0 Å². The van der Waals surface area contributed by atoms with Gasteiger partial charge in [-0.3, -0.25) is 0 Å². The molecule has 4 nitrogen and oxygen atoms in total. The van der Waals surface area contributed by atoms with Gasteiger partial charge < -0.3 is 5.32 Å². The van der Waals surface area contributed by atoms with Gasteiger partial charge in [0.15, 0.2) is 0 Å². The molecule has 0 bridgehead atoms. The van der Waals surface area contributed by atoms with Crippen LogP contribution >= 0.6 is 22.6 Å². The molecule has 0 aliphatic carbocycles. The third kappa shape index (κ3) is 5.26. The Hall–Kier alpha value is -1.12. The summed E-state index contributed by atoms with van der Waals surface area (Å²) in [5, 5.41) is 3.40. The Labute approximate surface area is 145 Å². The van der Waals surface area contributed by atoms with E-state index < -0.39 is 10.0 Å². The van der Waals surface area contributed by atoms with E-state index in [0.29, 0.717) is 6.42 Å². The summed E-state index contributed by atoms with van der Waals surface area (Å²) in [6.07, 6.45) is 0.512. The van der Waals surface area contributed by atoms with Crippen molar-refractivity contribution >= 4 is 38.3 Å². The predicted octanol–water partition coefficient (Wildman–Crippen LogP) is 3.00. The Morgan fingerprint density at radius 2 is 1.77 bits per heavy atom. The number of nitrogens with one attached hydrogen (secondary N) is 2. The molecule has 2 aromatic rings. The van der Waals surface area contributed by atoms with Crippen LogP contribution in [0.4, 0.5) is 5.69 Å². The van der Waals surface area contributed by atoms with Gasteiger partial charge in [-0.25, -0.2) is 13.1 Å². The quantitative estimate of drug-likeness (QED) is 0.665. The number of halogens is 1. The summed E-state index contributed by atoms with van der Waals surface area (Å²) in [5.41, 5.74) is 3.31. The van der Waals surface area contributed by atoms with Crippen LogP contribution in [0.2, 0.25) is 0 Å². The number of hydrogen-bond donors (Lipinski definition) is 2. The maximum atomic E-state index is 11.5. The SMILES string of the molecule is CNS(=O)(=O)CCc1ccc(NCc2ccccc2)c(I)c1. The fourth-order valence-corrected chi connectivity index (χ4v) is 3.48. The number of hydrogen-bond acceptors (Lipinski definition) is 3. The molecule has 0 saturated carbocycles. The topological polar surface area (TPSA) is 58.2 Å². The molecule has 0 aliphatic rings. The van der Waals surface area contributed by atoms with Crippen LogP contribution in [0.15, 0.2) is 48.5 Å². The van der Waals surface area contributed by atoms with E-state index in [1.54, 1.807) is 0 Å². The van der Waals surface area contributed by atoms with Crippen LogP contribution in [0.3, 0.4) is 0 Å². The molecule has 2 aromatic carbocycles. The van der Waals surface area contributed by atoms with Gasteiger partial charge in [-0.1, -0.05) is 36.4 Å². The lowest BCUT2D eigenvalue weighted by atomic mass is 10.1. The summed E-state index contributed by atoms with van der Waals surface area (Å²) in [6.45, 7) is 0.768. The molecule has 0 radical (unpaired) electrons. The average Bonchev–Trinajstić information content (AvgIpc) is 2.53. The number of sulfonamides is 1. The van der Waals surface area contributed by atoms with E-state index in [1.165, 1.54) is 12.6 Å². The molecule has 0 saturated heterocycles. The van der Waals surface area contributed by atoms with Gasteiger partial charge in [0.25, 0.3) is 0 Å². The van der Waals surface area contributed by atoms with Crippen molar-refractivity contribution in [2.45, 2.75) is 13.0 Å². The molecule has 0 aromatic heterocycles. The highest BCUT2D eigenvalue weighted by atomic mass is 127. The lowest BCUT2D eigenvalue weighted by Gasteiger charge is -2.10. The van der Waals surface area contributed by atoms with Crippen LogP contribution in [-0.2, 0) is 23.0 Å². The van der Waals surface area contributed by atoms with E-state index >= 15 is 0 Å². The standard InChI is InChI=1S/C16H19IN2O2S/c1-18-22(20,21)10-9-13-7-8-16(15(17)11-13)19-12-14-5-3-2-4-6-14/h2-8,11,18-19H,9-10,12H2,1H3. The molecule has 0 unspecified atom stereocenters. The molecule has 118 valence electrons. The molecule has 0 heterocycles. The third-order valence-electron chi connectivity index (χ3n) is 3.33. The highest BCUT2D eigenvalue weighted by molar-refractivity contribution is 14.1. The fourth-order valence-electron chi connectivity index (χ4n) is 2.00. The second-order valence-corrected chi connectivity index (χ2v) is 8.13. The molecular formula is C16H19IN2O2S. The zero-order chi connectivity index (χ0) is 16.0. The van der Waals surface area contributed by atoms with E-state index in [-0.39, 0.29) is 5.75 Å². The lowest BCUT2D eigenvalue weighted by molar-refractivity contribution is 0.587. The molecular weight excluding hydrogens is 411 g/mol. The summed E-state index contributed by atoms with van der Waals surface area (Å²) >= 11 is 2.27. The van der Waals surface area contributed by atoms with Crippen molar-refractivity contribution in [3.63, 3.8) is 0 Å². The second kappa shape index (κ2) is 7.94. The van der Waals surface area contributed by atoms with E-state index in [0.717, 1.165) is 21.4 Å². The van der Waals surface area contributed by atoms with Crippen LogP contribution in [0.5, 0.6) is 0 Å². The number of aryl methyl sites for hydroxylation is 1. The van der Waals surface area contributed by atoms with Crippen molar-refractivity contribution < 1.29 is 8.42 Å². The lowest BCUT2D eigenvalue weighted by Crippen LogP contribution is -2.23. The maximum absolute atomic E-state index is 11.5. The summed E-state index contributed by atoms with van der Waals surface area (Å²) in [4.78, 5) is 0. The van der Waals surface area contributed by atoms with Crippen molar-refractivity contribution in [3.8, 4) is 0 Å². The normalized spacial score (nSPS) is 11.4. The Bertz CT molecular complexity index is 718. The smallest absolute Gasteiger partial charge is 0.211 e. The highest BCUT2D eigenvalue weighted by Gasteiger charge is 2.08. The molecule has 0 spiro atoms. The van der Waals surface area contributed by atoms with Gasteiger partial charge in [-0.2, -0.15) is 0 Å². The van der Waals surface area contributed by atoms with Gasteiger partial charge in [0, 0.05) is 15.8 Å². The van der Waals surface area contributed by atoms with Crippen molar-refractivity contribution in [2.24, 2.45) is 0 Å². The van der Waals surface area contributed by atoms with Crippen LogP contribution in [-0.4, -0.2) is 21.2 Å². The summed E-state index contributed by atoms with van der Waals surface area (Å²) < 4.78 is 26.3. The Morgan fingerprint density at radius 1 is 1.05 bits per heavy atom. The van der Waals surface area contributed by atoms with Gasteiger partial charge in [-0.15, -0.1) is 0 Å². The average molecular weight is 430 g/mol. The third-order valence-corrected chi connectivity index (χ3v) is 5.59. The van der Waals surface area contributed by atoms with Crippen LogP contribution < -0.4 is 10.0 Å². The van der Waals surface area contributed by atoms with Crippen molar-refractivity contribution in [2.75, 3.05) is 18.1 Å². The first kappa shape index (κ1) is 17.2.